The molecule has 0 aliphatic rings. The van der Waals surface area contributed by atoms with Gasteiger partial charge in [-0.15, -0.1) is 48.0 Å². The molecular weight excluding hydrogens is 969 g/mol. The predicted octanol–water partition coefficient (Wildman–Crippen LogP) is 14.0. The molecule has 0 bridgehead atoms. The van der Waals surface area contributed by atoms with Crippen LogP contribution < -0.4 is 5.19 Å². The van der Waals surface area contributed by atoms with Crippen molar-refractivity contribution in [3.05, 3.63) is 181 Å². The molecule has 11 aromatic rings. The minimum Gasteiger partial charge on any atom is -0.501 e. The molecule has 4 heterocycles. The maximum Gasteiger partial charge on any atom is 0.158 e. The maximum absolute atomic E-state index is 9.34. The molecule has 8 heteroatoms. The molecule has 0 spiro atoms. The summed E-state index contributed by atoms with van der Waals surface area (Å²) in [5, 5.41) is 14.9. The number of imidazole rings is 1. The van der Waals surface area contributed by atoms with E-state index in [9.17, 15) is 5.26 Å². The topological polar surface area (TPSA) is 80.8 Å². The Morgan fingerprint density at radius 2 is 1.40 bits per heavy atom. The van der Waals surface area contributed by atoms with Crippen LogP contribution in [-0.2, 0) is 20.1 Å². The van der Waals surface area contributed by atoms with Gasteiger partial charge in [0.1, 0.15) is 11.2 Å². The first kappa shape index (κ1) is 41.5. The van der Waals surface area contributed by atoms with Crippen molar-refractivity contribution in [1.82, 2.24) is 14.5 Å². The van der Waals surface area contributed by atoms with E-state index in [-0.39, 0.29) is 20.1 Å². The Morgan fingerprint density at radius 1 is 0.714 bits per heavy atom. The second kappa shape index (κ2) is 16.8. The number of fused-ring (bicyclic) bond motifs is 7. The van der Waals surface area contributed by atoms with E-state index < -0.39 is 8.07 Å². The third-order valence-corrected chi connectivity index (χ3v) is 13.6. The monoisotopic (exact) mass is 1010 g/mol. The summed E-state index contributed by atoms with van der Waals surface area (Å²) in [5.74, 6) is 1.25. The molecule has 1 radical (unpaired) electrons. The molecule has 6 nitrogen and oxygen atoms in total. The average Bonchev–Trinajstić information content (AvgIpc) is 4.01. The summed E-state index contributed by atoms with van der Waals surface area (Å²) in [6.07, 6.45) is 2.09. The molecule has 0 saturated heterocycles. The summed E-state index contributed by atoms with van der Waals surface area (Å²) in [6.45, 7) is 11.7. The van der Waals surface area contributed by atoms with E-state index in [1.54, 1.807) is 0 Å². The second-order valence-corrected chi connectivity index (χ2v) is 22.0. The van der Waals surface area contributed by atoms with Gasteiger partial charge in [0.05, 0.1) is 47.8 Å². The van der Waals surface area contributed by atoms with Crippen LogP contribution in [0.5, 0.6) is 0 Å². The van der Waals surface area contributed by atoms with Crippen LogP contribution in [0.1, 0.15) is 30.9 Å². The van der Waals surface area contributed by atoms with Crippen molar-refractivity contribution in [2.45, 2.75) is 39.4 Å². The van der Waals surface area contributed by atoms with Crippen LogP contribution >= 0.6 is 0 Å². The van der Waals surface area contributed by atoms with Crippen LogP contribution in [0.25, 0.3) is 94.4 Å². The standard InChI is InChI=1S/C38H20N3O2.C17H22NSi.Ir/c39-22-23-16-18-24(19-17-23)25-20-21-29(37-35(25)28-9-2-6-15-34(28)43-37)38-40-30-11-3-4-12-31(30)41(38)32-13-7-10-27-26-8-1-5-14-33(26)42-36(27)32;1-13(2)15-11-16(14-9-7-6-8-10-14)18-12-17(15)19(3,4)5;/h1-20H;6-9,11-13H,1-5H3;/q2*-1;. The zero-order valence-electron chi connectivity index (χ0n) is 35.5. The Balaban J connectivity index is 0.000000213. The molecular formula is C55H42IrN4O2Si-2. The number of rotatable bonds is 6. The van der Waals surface area contributed by atoms with Crippen LogP contribution in [0.3, 0.4) is 0 Å². The molecule has 0 atom stereocenters. The molecule has 0 aliphatic carbocycles. The van der Waals surface area contributed by atoms with Crippen molar-refractivity contribution in [2.24, 2.45) is 0 Å². The number of nitriles is 1. The van der Waals surface area contributed by atoms with Gasteiger partial charge in [-0.1, -0.05) is 135 Å². The van der Waals surface area contributed by atoms with Gasteiger partial charge in [-0.25, -0.2) is 0 Å². The van der Waals surface area contributed by atoms with Crippen LogP contribution in [0, 0.1) is 23.5 Å². The van der Waals surface area contributed by atoms with Gasteiger partial charge >= 0.3 is 0 Å². The number of furan rings is 2. The molecule has 0 fully saturated rings. The molecule has 0 saturated carbocycles. The SMILES string of the molecule is CC(C)c1cc(-c2[c-]cccc2)ncc1[Si](C)(C)C.N#Cc1ccc(-c2c[c-]c(-c3nc4ccccc4n3-c3cccc4c3oc3ccccc34)c3oc4ccccc4c23)cc1.[Ir]. The number of hydrogen-bond donors (Lipinski definition) is 0. The normalized spacial score (nSPS) is 11.6. The summed E-state index contributed by atoms with van der Waals surface area (Å²) < 4.78 is 15.2. The maximum atomic E-state index is 9.34. The Hall–Kier alpha value is -6.88. The van der Waals surface area contributed by atoms with E-state index in [4.69, 9.17) is 13.8 Å². The van der Waals surface area contributed by atoms with Gasteiger partial charge in [-0.2, -0.15) is 5.26 Å². The Bertz CT molecular complexity index is 3500. The van der Waals surface area contributed by atoms with E-state index in [1.807, 2.05) is 103 Å². The molecule has 309 valence electrons. The molecule has 4 aromatic heterocycles. The van der Waals surface area contributed by atoms with Crippen molar-refractivity contribution in [2.75, 3.05) is 0 Å². The largest absolute Gasteiger partial charge is 0.501 e. The summed E-state index contributed by atoms with van der Waals surface area (Å²) in [4.78, 5) is 9.82. The predicted molar refractivity (Wildman–Crippen MR) is 256 cm³/mol. The van der Waals surface area contributed by atoms with Crippen molar-refractivity contribution in [3.63, 3.8) is 0 Å². The fourth-order valence-electron chi connectivity index (χ4n) is 8.51. The van der Waals surface area contributed by atoms with Gasteiger partial charge in [0.2, 0.25) is 0 Å². The molecule has 0 amide bonds. The number of aromatic nitrogens is 3. The van der Waals surface area contributed by atoms with Crippen LogP contribution in [0.15, 0.2) is 167 Å². The number of nitrogens with zero attached hydrogens (tertiary/aromatic N) is 4. The zero-order chi connectivity index (χ0) is 42.5. The van der Waals surface area contributed by atoms with E-state index in [2.05, 4.69) is 116 Å². The minimum atomic E-state index is -1.34. The van der Waals surface area contributed by atoms with Crippen molar-refractivity contribution in [1.29, 1.82) is 5.26 Å². The van der Waals surface area contributed by atoms with Gasteiger partial charge in [-0.05, 0) is 64.6 Å². The van der Waals surface area contributed by atoms with Crippen LogP contribution in [0.2, 0.25) is 19.6 Å². The quantitative estimate of drug-likeness (QED) is 0.122. The van der Waals surface area contributed by atoms with E-state index in [0.717, 1.165) is 83.0 Å². The zero-order valence-corrected chi connectivity index (χ0v) is 38.9. The van der Waals surface area contributed by atoms with Crippen molar-refractivity contribution >= 4 is 68.2 Å². The van der Waals surface area contributed by atoms with E-state index in [0.29, 0.717) is 22.9 Å². The first-order valence-corrected chi connectivity index (χ1v) is 24.4. The van der Waals surface area contributed by atoms with E-state index >= 15 is 0 Å². The fraction of sp³-hybridized carbons (Fsp3) is 0.109. The number of para-hydroxylation sites is 5. The first-order chi connectivity index (χ1) is 30.2. The fourth-order valence-corrected chi connectivity index (χ4v) is 10.2. The number of benzene rings is 7. The van der Waals surface area contributed by atoms with Gasteiger partial charge < -0.3 is 18.4 Å². The third kappa shape index (κ3) is 7.49. The molecule has 0 N–H and O–H groups in total. The summed E-state index contributed by atoms with van der Waals surface area (Å²) in [6, 6.07) is 59.5. The first-order valence-electron chi connectivity index (χ1n) is 20.9. The van der Waals surface area contributed by atoms with Gasteiger partial charge in [0, 0.05) is 42.5 Å². The van der Waals surface area contributed by atoms with Crippen LogP contribution in [0.4, 0.5) is 0 Å². The van der Waals surface area contributed by atoms with Gasteiger partial charge in [0.15, 0.2) is 5.58 Å². The number of pyridine rings is 1. The van der Waals surface area contributed by atoms with Gasteiger partial charge in [-0.3, -0.25) is 4.98 Å². The summed E-state index contributed by atoms with van der Waals surface area (Å²) in [7, 11) is -1.34. The summed E-state index contributed by atoms with van der Waals surface area (Å²) in [5.41, 5.74) is 12.7. The molecule has 63 heavy (non-hydrogen) atoms. The second-order valence-electron chi connectivity index (χ2n) is 16.9. The minimum absolute atomic E-state index is 0. The third-order valence-electron chi connectivity index (χ3n) is 11.5. The average molecular weight is 1010 g/mol. The molecule has 0 unspecified atom stereocenters. The number of hydrogen-bond acceptors (Lipinski definition) is 5. The molecule has 7 aromatic carbocycles. The Labute approximate surface area is 380 Å². The Kier molecular flexibility index (Phi) is 11.0. The summed E-state index contributed by atoms with van der Waals surface area (Å²) >= 11 is 0. The molecule has 0 aliphatic heterocycles. The van der Waals surface area contributed by atoms with Gasteiger partial charge in [0.25, 0.3) is 0 Å². The smallest absolute Gasteiger partial charge is 0.158 e. The van der Waals surface area contributed by atoms with E-state index in [1.165, 1.54) is 10.8 Å². The van der Waals surface area contributed by atoms with Crippen molar-refractivity contribution in [3.8, 4) is 45.5 Å². The van der Waals surface area contributed by atoms with Crippen molar-refractivity contribution < 1.29 is 28.9 Å². The molecule has 11 rings (SSSR count). The van der Waals surface area contributed by atoms with Crippen LogP contribution in [-0.4, -0.2) is 22.6 Å². The Morgan fingerprint density at radius 3 is 2.13 bits per heavy atom.